The maximum atomic E-state index is 12.9. The number of nitrogens with two attached hydrogens (primary N) is 1. The van der Waals surface area contributed by atoms with Gasteiger partial charge in [0, 0.05) is 36.7 Å². The van der Waals surface area contributed by atoms with Crippen LogP contribution in [0.4, 0.5) is 0 Å². The number of nitrogens with one attached hydrogen (secondary N) is 1. The van der Waals surface area contributed by atoms with Crippen molar-refractivity contribution in [3.8, 4) is 12.3 Å². The molecule has 29 heavy (non-hydrogen) atoms. The molecule has 1 heterocycles. The summed E-state index contributed by atoms with van der Waals surface area (Å²) in [7, 11) is 0. The highest BCUT2D eigenvalue weighted by molar-refractivity contribution is 6.31. The topological polar surface area (TPSA) is 116 Å². The summed E-state index contributed by atoms with van der Waals surface area (Å²) in [5.41, 5.74) is 6.82. The van der Waals surface area contributed by atoms with Gasteiger partial charge in [-0.05, 0) is 29.5 Å². The third-order valence-electron chi connectivity index (χ3n) is 5.40. The second kappa shape index (κ2) is 9.59. The van der Waals surface area contributed by atoms with Gasteiger partial charge >= 0.3 is 0 Å². The zero-order valence-electron chi connectivity index (χ0n) is 16.7. The summed E-state index contributed by atoms with van der Waals surface area (Å²) in [6.07, 6.45) is 5.02. The van der Waals surface area contributed by atoms with E-state index in [1.165, 1.54) is 4.90 Å². The number of aliphatic hydroxyl groups excluding tert-OH is 2. The van der Waals surface area contributed by atoms with Crippen molar-refractivity contribution < 1.29 is 19.8 Å². The number of likely N-dealkylation sites (tertiary alicyclic amines) is 1. The third kappa shape index (κ3) is 5.49. The van der Waals surface area contributed by atoms with Gasteiger partial charge in [0.25, 0.3) is 0 Å². The Morgan fingerprint density at radius 3 is 2.76 bits per heavy atom. The minimum Gasteiger partial charge on any atom is -0.396 e. The Kier molecular flexibility index (Phi) is 7.66. The van der Waals surface area contributed by atoms with Crippen molar-refractivity contribution in [2.75, 3.05) is 13.2 Å². The van der Waals surface area contributed by atoms with E-state index in [-0.39, 0.29) is 32.0 Å². The molecule has 0 bridgehead atoms. The van der Waals surface area contributed by atoms with Crippen LogP contribution in [0.15, 0.2) is 18.2 Å². The summed E-state index contributed by atoms with van der Waals surface area (Å²) in [5.74, 6) is 1.68. The van der Waals surface area contributed by atoms with Crippen LogP contribution >= 0.6 is 11.6 Å². The molecule has 0 spiro atoms. The lowest BCUT2D eigenvalue weighted by Gasteiger charge is -2.34. The van der Waals surface area contributed by atoms with Crippen molar-refractivity contribution in [2.45, 2.75) is 51.4 Å². The first-order chi connectivity index (χ1) is 13.6. The molecule has 0 aliphatic carbocycles. The van der Waals surface area contributed by atoms with Gasteiger partial charge in [-0.1, -0.05) is 37.4 Å². The first-order valence-corrected chi connectivity index (χ1v) is 9.86. The minimum atomic E-state index is -0.902. The summed E-state index contributed by atoms with van der Waals surface area (Å²) in [6.45, 7) is 3.68. The molecule has 7 nitrogen and oxygen atoms in total. The Hall–Kier alpha value is -2.11. The fraction of sp³-hybridized carbons (Fsp3) is 0.524. The molecule has 2 rings (SSSR count). The maximum Gasteiger partial charge on any atom is 0.243 e. The smallest absolute Gasteiger partial charge is 0.243 e. The molecule has 1 aromatic carbocycles. The zero-order chi connectivity index (χ0) is 21.8. The van der Waals surface area contributed by atoms with E-state index < -0.39 is 29.5 Å². The Morgan fingerprint density at radius 1 is 1.48 bits per heavy atom. The van der Waals surface area contributed by atoms with Crippen LogP contribution in [0.25, 0.3) is 0 Å². The number of nitrogens with zero attached hydrogens (tertiary/aromatic N) is 1. The average molecular weight is 422 g/mol. The van der Waals surface area contributed by atoms with E-state index in [4.69, 9.17) is 23.8 Å². The molecule has 8 heteroatoms. The highest BCUT2D eigenvalue weighted by Gasteiger charge is 2.43. The van der Waals surface area contributed by atoms with Gasteiger partial charge in [0.15, 0.2) is 0 Å². The fourth-order valence-corrected chi connectivity index (χ4v) is 3.59. The lowest BCUT2D eigenvalue weighted by Crippen LogP contribution is -2.55. The van der Waals surface area contributed by atoms with E-state index >= 15 is 0 Å². The molecule has 0 unspecified atom stereocenters. The Morgan fingerprint density at radius 2 is 2.17 bits per heavy atom. The van der Waals surface area contributed by atoms with E-state index in [0.717, 1.165) is 0 Å². The van der Waals surface area contributed by atoms with Gasteiger partial charge < -0.3 is 26.2 Å². The van der Waals surface area contributed by atoms with E-state index in [0.29, 0.717) is 22.6 Å². The van der Waals surface area contributed by atoms with E-state index in [1.54, 1.807) is 32.0 Å². The Bertz CT molecular complexity index is 806. The molecule has 0 radical (unpaired) electrons. The summed E-state index contributed by atoms with van der Waals surface area (Å²) in [6, 6.07) is 3.38. The SMILES string of the molecule is C#Cc1ccc(CNC(=O)[C@@H]2C[C@@H](O)CN2C(=O)[C@H](N)C(C)(C)CCO)c(Cl)c1. The number of hydrogen-bond donors (Lipinski definition) is 4. The molecular formula is C21H28ClN3O4. The average Bonchev–Trinajstić information content (AvgIpc) is 3.07. The van der Waals surface area contributed by atoms with Gasteiger partial charge in [-0.25, -0.2) is 0 Å². The van der Waals surface area contributed by atoms with E-state index in [9.17, 15) is 19.8 Å². The molecule has 1 aromatic rings. The Balaban J connectivity index is 2.08. The molecule has 1 aliphatic heterocycles. The maximum absolute atomic E-state index is 12.9. The quantitative estimate of drug-likeness (QED) is 0.482. The second-order valence-electron chi connectivity index (χ2n) is 8.00. The van der Waals surface area contributed by atoms with Crippen LogP contribution in [-0.2, 0) is 16.1 Å². The number of carbonyl (C=O) groups excluding carboxylic acids is 2. The van der Waals surface area contributed by atoms with Gasteiger partial charge in [-0.3, -0.25) is 9.59 Å². The van der Waals surface area contributed by atoms with Crippen LogP contribution < -0.4 is 11.1 Å². The van der Waals surface area contributed by atoms with Gasteiger partial charge in [-0.15, -0.1) is 6.42 Å². The number of rotatable bonds is 7. The zero-order valence-corrected chi connectivity index (χ0v) is 17.4. The lowest BCUT2D eigenvalue weighted by atomic mass is 9.81. The number of hydrogen-bond acceptors (Lipinski definition) is 5. The van der Waals surface area contributed by atoms with Crippen molar-refractivity contribution in [3.05, 3.63) is 34.3 Å². The minimum absolute atomic E-state index is 0.0391. The molecule has 158 valence electrons. The van der Waals surface area contributed by atoms with Crippen LogP contribution in [0.3, 0.4) is 0 Å². The van der Waals surface area contributed by atoms with Crippen molar-refractivity contribution in [2.24, 2.45) is 11.1 Å². The van der Waals surface area contributed by atoms with Gasteiger partial charge in [0.05, 0.1) is 12.1 Å². The van der Waals surface area contributed by atoms with Crippen molar-refractivity contribution in [1.29, 1.82) is 0 Å². The predicted molar refractivity (Wildman–Crippen MR) is 111 cm³/mol. The second-order valence-corrected chi connectivity index (χ2v) is 8.41. The summed E-state index contributed by atoms with van der Waals surface area (Å²) in [5, 5.41) is 22.5. The van der Waals surface area contributed by atoms with Crippen molar-refractivity contribution >= 4 is 23.4 Å². The highest BCUT2D eigenvalue weighted by Crippen LogP contribution is 2.28. The first kappa shape index (κ1) is 23.2. The molecule has 5 N–H and O–H groups in total. The molecule has 1 aliphatic rings. The van der Waals surface area contributed by atoms with Gasteiger partial charge in [0.2, 0.25) is 11.8 Å². The first-order valence-electron chi connectivity index (χ1n) is 9.48. The molecule has 0 saturated carbocycles. The normalized spacial score (nSPS) is 20.2. The molecular weight excluding hydrogens is 394 g/mol. The fourth-order valence-electron chi connectivity index (χ4n) is 3.34. The molecule has 0 aromatic heterocycles. The van der Waals surface area contributed by atoms with Crippen LogP contribution in [0.5, 0.6) is 0 Å². The largest absolute Gasteiger partial charge is 0.396 e. The monoisotopic (exact) mass is 421 g/mol. The standard InChI is InChI=1S/C21H28ClN3O4/c1-4-13-5-6-14(16(22)9-13)11-24-19(28)17-10-15(27)12-25(17)20(29)18(23)21(2,3)7-8-26/h1,5-6,9,15,17-18,26-27H,7-8,10-12,23H2,2-3H3,(H,24,28)/t15-,17+,18+/m1/s1. The van der Waals surface area contributed by atoms with Crippen LogP contribution in [0.2, 0.25) is 5.02 Å². The van der Waals surface area contributed by atoms with E-state index in [1.807, 2.05) is 0 Å². The molecule has 2 amide bonds. The molecule has 1 fully saturated rings. The van der Waals surface area contributed by atoms with Crippen LogP contribution in [-0.4, -0.2) is 58.3 Å². The third-order valence-corrected chi connectivity index (χ3v) is 5.75. The van der Waals surface area contributed by atoms with E-state index in [2.05, 4.69) is 11.2 Å². The van der Waals surface area contributed by atoms with Crippen molar-refractivity contribution in [3.63, 3.8) is 0 Å². The predicted octanol–water partition coefficient (Wildman–Crippen LogP) is 0.635. The molecule has 1 saturated heterocycles. The lowest BCUT2D eigenvalue weighted by molar-refractivity contribution is -0.141. The highest BCUT2D eigenvalue weighted by atomic mass is 35.5. The number of β-amino-alcohol motifs (C(OH)–C–C–N with tert-alkyl or cyclic N) is 1. The number of carbonyl (C=O) groups is 2. The summed E-state index contributed by atoms with van der Waals surface area (Å²) < 4.78 is 0. The summed E-state index contributed by atoms with van der Waals surface area (Å²) in [4.78, 5) is 27.0. The number of benzene rings is 1. The van der Waals surface area contributed by atoms with Crippen molar-refractivity contribution in [1.82, 2.24) is 10.2 Å². The summed E-state index contributed by atoms with van der Waals surface area (Å²) >= 11 is 6.19. The van der Waals surface area contributed by atoms with Crippen LogP contribution in [0.1, 0.15) is 37.8 Å². The number of terminal acetylenes is 1. The molecule has 3 atom stereocenters. The number of halogens is 1. The van der Waals surface area contributed by atoms with Gasteiger partial charge in [0.1, 0.15) is 6.04 Å². The number of amides is 2. The Labute approximate surface area is 176 Å². The number of aliphatic hydroxyl groups is 2. The van der Waals surface area contributed by atoms with Gasteiger partial charge in [-0.2, -0.15) is 0 Å². The van der Waals surface area contributed by atoms with Crippen LogP contribution in [0, 0.1) is 17.8 Å².